The fourth-order valence-electron chi connectivity index (χ4n) is 0.779. The third-order valence-corrected chi connectivity index (χ3v) is 1.39. The second-order valence-electron chi connectivity index (χ2n) is 2.98. The molecule has 0 radical (unpaired) electrons. The zero-order valence-corrected chi connectivity index (χ0v) is 6.41. The van der Waals surface area contributed by atoms with Crippen LogP contribution in [0.1, 0.15) is 13.8 Å². The first kappa shape index (κ1) is 7.19. The van der Waals surface area contributed by atoms with Crippen molar-refractivity contribution in [2.24, 2.45) is 15.6 Å². The summed E-state index contributed by atoms with van der Waals surface area (Å²) in [6.07, 6.45) is 7.96. The highest BCUT2D eigenvalue weighted by atomic mass is 15.1. The smallest absolute Gasteiger partial charge is 0.0784 e. The molecule has 0 bridgehead atoms. The molecule has 2 nitrogen and oxygen atoms in total. The van der Waals surface area contributed by atoms with Gasteiger partial charge in [0.25, 0.3) is 0 Å². The lowest BCUT2D eigenvalue weighted by Gasteiger charge is -2.13. The van der Waals surface area contributed by atoms with E-state index in [1.807, 2.05) is 12.2 Å². The zero-order chi connectivity index (χ0) is 7.45. The molecule has 54 valence electrons. The SMILES string of the molecule is CC1(C)C=CCN=N/C=C\1. The van der Waals surface area contributed by atoms with Crippen molar-refractivity contribution in [1.29, 1.82) is 0 Å². The lowest BCUT2D eigenvalue weighted by molar-refractivity contribution is 0.619. The van der Waals surface area contributed by atoms with E-state index in [-0.39, 0.29) is 5.41 Å². The van der Waals surface area contributed by atoms with Gasteiger partial charge in [0.05, 0.1) is 6.54 Å². The Morgan fingerprint density at radius 2 is 2.10 bits per heavy atom. The first-order chi connectivity index (χ1) is 4.71. The highest BCUT2D eigenvalue weighted by molar-refractivity contribution is 5.08. The largest absolute Gasteiger partial charge is 0.185 e. The minimum Gasteiger partial charge on any atom is -0.185 e. The Morgan fingerprint density at radius 1 is 1.30 bits per heavy atom. The molecule has 0 saturated heterocycles. The number of hydrogen-bond donors (Lipinski definition) is 0. The number of hydrogen-bond acceptors (Lipinski definition) is 2. The van der Waals surface area contributed by atoms with E-state index in [9.17, 15) is 0 Å². The molecule has 1 aliphatic heterocycles. The van der Waals surface area contributed by atoms with Crippen LogP contribution >= 0.6 is 0 Å². The Bertz CT molecular complexity index is 187. The molecular weight excluding hydrogens is 124 g/mol. The van der Waals surface area contributed by atoms with E-state index in [1.54, 1.807) is 6.20 Å². The molecule has 2 heteroatoms. The molecule has 0 aliphatic carbocycles. The van der Waals surface area contributed by atoms with E-state index >= 15 is 0 Å². The van der Waals surface area contributed by atoms with Crippen molar-refractivity contribution in [3.63, 3.8) is 0 Å². The molecule has 0 fully saturated rings. The fraction of sp³-hybridized carbons (Fsp3) is 0.500. The highest BCUT2D eigenvalue weighted by Crippen LogP contribution is 2.19. The highest BCUT2D eigenvalue weighted by Gasteiger charge is 2.07. The van der Waals surface area contributed by atoms with Gasteiger partial charge in [-0.15, -0.1) is 0 Å². The van der Waals surface area contributed by atoms with E-state index < -0.39 is 0 Å². The third kappa shape index (κ3) is 2.13. The number of nitrogens with zero attached hydrogens (tertiary/aromatic N) is 2. The van der Waals surface area contributed by atoms with Gasteiger partial charge in [-0.25, -0.2) is 0 Å². The van der Waals surface area contributed by atoms with E-state index in [2.05, 4.69) is 30.2 Å². The summed E-state index contributed by atoms with van der Waals surface area (Å²) in [5.74, 6) is 0. The molecule has 1 rings (SSSR count). The van der Waals surface area contributed by atoms with Gasteiger partial charge in [-0.3, -0.25) is 0 Å². The Labute approximate surface area is 61.4 Å². The van der Waals surface area contributed by atoms with E-state index in [4.69, 9.17) is 0 Å². The lowest BCUT2D eigenvalue weighted by Crippen LogP contribution is -2.02. The standard InChI is InChI=1S/C8H12N2/c1-8(2)4-3-6-9-10-7-5-8/h3-5,7H,6H2,1-2H3/b4-3?,7-5-,10-9?. The molecule has 10 heavy (non-hydrogen) atoms. The molecular formula is C8H12N2. The van der Waals surface area contributed by atoms with Crippen molar-refractivity contribution in [2.75, 3.05) is 6.54 Å². The molecule has 0 spiro atoms. The van der Waals surface area contributed by atoms with Gasteiger partial charge in [0.15, 0.2) is 0 Å². The summed E-state index contributed by atoms with van der Waals surface area (Å²) >= 11 is 0. The zero-order valence-electron chi connectivity index (χ0n) is 6.41. The van der Waals surface area contributed by atoms with Crippen LogP contribution in [-0.4, -0.2) is 6.54 Å². The van der Waals surface area contributed by atoms with Gasteiger partial charge >= 0.3 is 0 Å². The quantitative estimate of drug-likeness (QED) is 0.457. The Morgan fingerprint density at radius 3 is 2.90 bits per heavy atom. The maximum atomic E-state index is 3.85. The first-order valence-corrected chi connectivity index (χ1v) is 3.43. The molecule has 0 unspecified atom stereocenters. The average molecular weight is 136 g/mol. The summed E-state index contributed by atoms with van der Waals surface area (Å²) < 4.78 is 0. The summed E-state index contributed by atoms with van der Waals surface area (Å²) in [4.78, 5) is 0. The third-order valence-electron chi connectivity index (χ3n) is 1.39. The van der Waals surface area contributed by atoms with Crippen LogP contribution in [-0.2, 0) is 0 Å². The molecule has 1 heterocycles. The summed E-state index contributed by atoms with van der Waals surface area (Å²) in [6.45, 7) is 4.98. The molecule has 0 atom stereocenters. The summed E-state index contributed by atoms with van der Waals surface area (Å²) in [6, 6.07) is 0. The molecule has 0 aromatic carbocycles. The van der Waals surface area contributed by atoms with Gasteiger partial charge in [0.1, 0.15) is 0 Å². The fourth-order valence-corrected chi connectivity index (χ4v) is 0.779. The van der Waals surface area contributed by atoms with Gasteiger partial charge in [-0.05, 0) is 0 Å². The van der Waals surface area contributed by atoms with Gasteiger partial charge in [-0.1, -0.05) is 32.1 Å². The van der Waals surface area contributed by atoms with Gasteiger partial charge in [0.2, 0.25) is 0 Å². The Balaban J connectivity index is 2.78. The van der Waals surface area contributed by atoms with Crippen molar-refractivity contribution >= 4 is 0 Å². The van der Waals surface area contributed by atoms with E-state index in [1.165, 1.54) is 0 Å². The van der Waals surface area contributed by atoms with Crippen LogP contribution < -0.4 is 0 Å². The van der Waals surface area contributed by atoms with Gasteiger partial charge in [-0.2, -0.15) is 10.2 Å². The Kier molecular flexibility index (Phi) is 2.00. The van der Waals surface area contributed by atoms with Crippen LogP contribution in [0, 0.1) is 5.41 Å². The second kappa shape index (κ2) is 2.78. The van der Waals surface area contributed by atoms with Gasteiger partial charge in [0, 0.05) is 11.6 Å². The van der Waals surface area contributed by atoms with Crippen LogP contribution in [0.5, 0.6) is 0 Å². The maximum absolute atomic E-state index is 3.85. The summed E-state index contributed by atoms with van der Waals surface area (Å²) in [5, 5.41) is 7.67. The minimum absolute atomic E-state index is 0.138. The number of rotatable bonds is 0. The molecule has 0 N–H and O–H groups in total. The van der Waals surface area contributed by atoms with Crippen LogP contribution in [0.25, 0.3) is 0 Å². The van der Waals surface area contributed by atoms with Crippen LogP contribution in [0.4, 0.5) is 0 Å². The monoisotopic (exact) mass is 136 g/mol. The normalized spacial score (nSPS) is 25.4. The molecule has 1 aliphatic rings. The van der Waals surface area contributed by atoms with Crippen molar-refractivity contribution < 1.29 is 0 Å². The minimum atomic E-state index is 0.138. The van der Waals surface area contributed by atoms with E-state index in [0.717, 1.165) is 0 Å². The number of allylic oxidation sites excluding steroid dienone is 2. The molecule has 0 aromatic heterocycles. The van der Waals surface area contributed by atoms with Crippen molar-refractivity contribution in [1.82, 2.24) is 0 Å². The predicted octanol–water partition coefficient (Wildman–Crippen LogP) is 2.55. The first-order valence-electron chi connectivity index (χ1n) is 3.43. The van der Waals surface area contributed by atoms with Crippen molar-refractivity contribution in [3.05, 3.63) is 24.4 Å². The van der Waals surface area contributed by atoms with Crippen LogP contribution in [0.2, 0.25) is 0 Å². The maximum Gasteiger partial charge on any atom is 0.0784 e. The van der Waals surface area contributed by atoms with Crippen molar-refractivity contribution in [2.45, 2.75) is 13.8 Å². The molecule has 0 saturated carbocycles. The predicted molar refractivity (Wildman–Crippen MR) is 41.8 cm³/mol. The Hall–Kier alpha value is -0.920. The number of azo groups is 1. The molecule has 0 aromatic rings. The van der Waals surface area contributed by atoms with Crippen LogP contribution in [0.3, 0.4) is 0 Å². The second-order valence-corrected chi connectivity index (χ2v) is 2.98. The average Bonchev–Trinajstić information content (AvgIpc) is 1.81. The van der Waals surface area contributed by atoms with E-state index in [0.29, 0.717) is 6.54 Å². The van der Waals surface area contributed by atoms with Crippen LogP contribution in [0.15, 0.2) is 34.7 Å². The van der Waals surface area contributed by atoms with Crippen molar-refractivity contribution in [3.8, 4) is 0 Å². The lowest BCUT2D eigenvalue weighted by atomic mass is 9.93. The van der Waals surface area contributed by atoms with Gasteiger partial charge < -0.3 is 0 Å². The summed E-state index contributed by atoms with van der Waals surface area (Å²) in [5.41, 5.74) is 0.138. The topological polar surface area (TPSA) is 24.7 Å². The summed E-state index contributed by atoms with van der Waals surface area (Å²) in [7, 11) is 0. The molecule has 0 amide bonds.